The van der Waals surface area contributed by atoms with Crippen LogP contribution in [0.25, 0.3) is 0 Å². The number of benzene rings is 2. The fourth-order valence-electron chi connectivity index (χ4n) is 2.64. The summed E-state index contributed by atoms with van der Waals surface area (Å²) < 4.78 is 49.0. The lowest BCUT2D eigenvalue weighted by Crippen LogP contribution is -2.29. The molecule has 11 heteroatoms. The van der Waals surface area contributed by atoms with Crippen LogP contribution in [0.3, 0.4) is 0 Å². The van der Waals surface area contributed by atoms with Gasteiger partial charge in [0.1, 0.15) is 16.5 Å². The highest BCUT2D eigenvalue weighted by atomic mass is 79.9. The molecule has 1 atom stereocenters. The first-order valence-electron chi connectivity index (χ1n) is 8.55. The van der Waals surface area contributed by atoms with E-state index in [9.17, 15) is 12.8 Å². The van der Waals surface area contributed by atoms with Crippen molar-refractivity contribution in [2.24, 2.45) is 0 Å². The quantitative estimate of drug-likeness (QED) is 0.506. The lowest BCUT2D eigenvalue weighted by atomic mass is 10.3. The Labute approximate surface area is 181 Å². The Balaban J connectivity index is 1.84. The van der Waals surface area contributed by atoms with Gasteiger partial charge in [-0.25, -0.2) is 17.5 Å². The third-order valence-electron chi connectivity index (χ3n) is 3.99. The topological polar surface area (TPSA) is 86.1 Å². The van der Waals surface area contributed by atoms with Gasteiger partial charge in [-0.05, 0) is 56.3 Å². The summed E-state index contributed by atoms with van der Waals surface area (Å²) >= 11 is 9.33. The van der Waals surface area contributed by atoms with E-state index in [0.717, 1.165) is 0 Å². The molecule has 0 fully saturated rings. The van der Waals surface area contributed by atoms with Crippen LogP contribution in [0.15, 0.2) is 51.8 Å². The SMILES string of the molecule is CCn1c(Oc2ccc(F)cc2)nnc1[C@@H](C)NS(=O)(=O)c1ccc(Br)cc1Cl. The van der Waals surface area contributed by atoms with Crippen molar-refractivity contribution in [1.29, 1.82) is 0 Å². The van der Waals surface area contributed by atoms with Crippen LogP contribution in [0.5, 0.6) is 11.8 Å². The van der Waals surface area contributed by atoms with E-state index in [1.165, 1.54) is 36.4 Å². The highest BCUT2D eigenvalue weighted by molar-refractivity contribution is 9.10. The van der Waals surface area contributed by atoms with Crippen LogP contribution in [-0.4, -0.2) is 23.2 Å². The molecule has 0 radical (unpaired) electrons. The van der Waals surface area contributed by atoms with Crippen LogP contribution < -0.4 is 9.46 Å². The van der Waals surface area contributed by atoms with Gasteiger partial charge in [0.2, 0.25) is 10.0 Å². The molecule has 0 aliphatic rings. The van der Waals surface area contributed by atoms with Gasteiger partial charge in [-0.2, -0.15) is 0 Å². The van der Waals surface area contributed by atoms with Gasteiger partial charge in [0.05, 0.1) is 11.1 Å². The number of hydrogen-bond acceptors (Lipinski definition) is 5. The molecule has 0 bridgehead atoms. The molecule has 3 rings (SSSR count). The molecular weight excluding hydrogens is 487 g/mol. The Bertz CT molecular complexity index is 1120. The summed E-state index contributed by atoms with van der Waals surface area (Å²) in [5.41, 5.74) is 0. The highest BCUT2D eigenvalue weighted by Crippen LogP contribution is 2.28. The minimum Gasteiger partial charge on any atom is -0.424 e. The van der Waals surface area contributed by atoms with E-state index >= 15 is 0 Å². The average molecular weight is 504 g/mol. The zero-order chi connectivity index (χ0) is 21.2. The molecule has 154 valence electrons. The van der Waals surface area contributed by atoms with Crippen LogP contribution in [0, 0.1) is 5.82 Å². The predicted molar refractivity (Wildman–Crippen MR) is 110 cm³/mol. The smallest absolute Gasteiger partial charge is 0.322 e. The standard InChI is InChI=1S/C18H17BrClFN4O3S/c1-3-25-17(22-23-18(25)28-14-7-5-13(21)6-8-14)11(2)24-29(26,27)16-9-4-12(19)10-15(16)20/h4-11,24H,3H2,1-2H3/t11-/m1/s1. The van der Waals surface area contributed by atoms with Crippen LogP contribution in [0.4, 0.5) is 4.39 Å². The van der Waals surface area contributed by atoms with Crippen LogP contribution in [0.2, 0.25) is 5.02 Å². The molecule has 2 aromatic carbocycles. The van der Waals surface area contributed by atoms with Gasteiger partial charge in [0.25, 0.3) is 0 Å². The lowest BCUT2D eigenvalue weighted by molar-refractivity contribution is 0.407. The molecule has 1 aromatic heterocycles. The number of nitrogens with one attached hydrogen (secondary N) is 1. The van der Waals surface area contributed by atoms with Crippen LogP contribution in [0.1, 0.15) is 25.7 Å². The van der Waals surface area contributed by atoms with Crippen molar-refractivity contribution in [3.63, 3.8) is 0 Å². The fraction of sp³-hybridized carbons (Fsp3) is 0.222. The Morgan fingerprint density at radius 1 is 1.24 bits per heavy atom. The third kappa shape index (κ3) is 4.95. The Hall–Kier alpha value is -2.01. The largest absolute Gasteiger partial charge is 0.424 e. The van der Waals surface area contributed by atoms with Gasteiger partial charge < -0.3 is 4.74 Å². The fourth-order valence-corrected chi connectivity index (χ4v) is 4.88. The number of ether oxygens (including phenoxy) is 1. The molecule has 0 unspecified atom stereocenters. The molecule has 1 heterocycles. The third-order valence-corrected chi connectivity index (χ3v) is 6.50. The van der Waals surface area contributed by atoms with Gasteiger partial charge >= 0.3 is 6.01 Å². The number of rotatable bonds is 7. The van der Waals surface area contributed by atoms with E-state index in [4.69, 9.17) is 16.3 Å². The zero-order valence-electron chi connectivity index (χ0n) is 15.4. The van der Waals surface area contributed by atoms with E-state index in [1.54, 1.807) is 17.6 Å². The van der Waals surface area contributed by atoms with E-state index in [-0.39, 0.29) is 21.7 Å². The van der Waals surface area contributed by atoms with Gasteiger partial charge in [-0.15, -0.1) is 5.10 Å². The molecule has 0 spiro atoms. The Morgan fingerprint density at radius 2 is 1.93 bits per heavy atom. The second-order valence-electron chi connectivity index (χ2n) is 6.06. The minimum atomic E-state index is -3.90. The Morgan fingerprint density at radius 3 is 2.55 bits per heavy atom. The van der Waals surface area contributed by atoms with Gasteiger partial charge in [0.15, 0.2) is 5.82 Å². The summed E-state index contributed by atoms with van der Waals surface area (Å²) in [6, 6.07) is 9.42. The first-order valence-corrected chi connectivity index (χ1v) is 11.2. The van der Waals surface area contributed by atoms with E-state index < -0.39 is 16.1 Å². The first kappa shape index (κ1) is 21.7. The van der Waals surface area contributed by atoms with Crippen molar-refractivity contribution in [2.75, 3.05) is 0 Å². The maximum Gasteiger partial charge on any atom is 0.322 e. The first-order chi connectivity index (χ1) is 13.7. The van der Waals surface area contributed by atoms with Crippen molar-refractivity contribution >= 4 is 37.6 Å². The van der Waals surface area contributed by atoms with E-state index in [0.29, 0.717) is 22.6 Å². The van der Waals surface area contributed by atoms with Gasteiger partial charge in [0, 0.05) is 11.0 Å². The molecule has 0 saturated heterocycles. The second kappa shape index (κ2) is 8.78. The average Bonchev–Trinajstić information content (AvgIpc) is 3.05. The maximum atomic E-state index is 13.1. The molecule has 7 nitrogen and oxygen atoms in total. The number of nitrogens with zero attached hydrogens (tertiary/aromatic N) is 3. The summed E-state index contributed by atoms with van der Waals surface area (Å²) in [5.74, 6) is 0.362. The number of aromatic nitrogens is 3. The summed E-state index contributed by atoms with van der Waals surface area (Å²) in [4.78, 5) is -0.0421. The van der Waals surface area contributed by atoms with Crippen molar-refractivity contribution in [1.82, 2.24) is 19.5 Å². The lowest BCUT2D eigenvalue weighted by Gasteiger charge is -2.16. The summed E-state index contributed by atoms with van der Waals surface area (Å²) in [7, 11) is -3.90. The minimum absolute atomic E-state index is 0.0421. The van der Waals surface area contributed by atoms with Crippen molar-refractivity contribution in [3.8, 4) is 11.8 Å². The zero-order valence-corrected chi connectivity index (χ0v) is 18.6. The molecular formula is C18H17BrClFN4O3S. The molecule has 29 heavy (non-hydrogen) atoms. The summed E-state index contributed by atoms with van der Waals surface area (Å²) in [6.45, 7) is 3.92. The number of halogens is 3. The number of hydrogen-bond donors (Lipinski definition) is 1. The molecule has 0 amide bonds. The van der Waals surface area contributed by atoms with Crippen molar-refractivity contribution < 1.29 is 17.5 Å². The van der Waals surface area contributed by atoms with E-state index in [1.807, 2.05) is 6.92 Å². The van der Waals surface area contributed by atoms with Crippen molar-refractivity contribution in [3.05, 3.63) is 63.6 Å². The van der Waals surface area contributed by atoms with Crippen LogP contribution in [-0.2, 0) is 16.6 Å². The predicted octanol–water partition coefficient (Wildman–Crippen LogP) is 4.68. The molecule has 0 aliphatic heterocycles. The second-order valence-corrected chi connectivity index (χ2v) is 9.06. The molecule has 0 saturated carbocycles. The summed E-state index contributed by atoms with van der Waals surface area (Å²) in [5, 5.41) is 8.14. The molecule has 1 N–H and O–H groups in total. The van der Waals surface area contributed by atoms with Gasteiger partial charge in [-0.3, -0.25) is 4.57 Å². The molecule has 3 aromatic rings. The highest BCUT2D eigenvalue weighted by Gasteiger charge is 2.25. The maximum absolute atomic E-state index is 13.1. The molecule has 0 aliphatic carbocycles. The van der Waals surface area contributed by atoms with Crippen molar-refractivity contribution in [2.45, 2.75) is 31.3 Å². The Kier molecular flexibility index (Phi) is 6.57. The van der Waals surface area contributed by atoms with E-state index in [2.05, 4.69) is 30.8 Å². The number of sulfonamides is 1. The van der Waals surface area contributed by atoms with Gasteiger partial charge in [-0.1, -0.05) is 32.6 Å². The monoisotopic (exact) mass is 502 g/mol. The van der Waals surface area contributed by atoms with Crippen LogP contribution >= 0.6 is 27.5 Å². The summed E-state index contributed by atoms with van der Waals surface area (Å²) in [6.07, 6.45) is 0. The normalized spacial score (nSPS) is 12.7.